The van der Waals surface area contributed by atoms with Crippen molar-refractivity contribution in [1.82, 2.24) is 14.8 Å². The highest BCUT2D eigenvalue weighted by atomic mass is 28.3. The molecule has 1 saturated heterocycles. The lowest BCUT2D eigenvalue weighted by Crippen LogP contribution is -2.55. The number of nitrogens with one attached hydrogen (secondary N) is 1. The van der Waals surface area contributed by atoms with Crippen LogP contribution in [-0.4, -0.2) is 59.9 Å². The summed E-state index contributed by atoms with van der Waals surface area (Å²) in [5, 5.41) is 15.4. The highest BCUT2D eigenvalue weighted by Crippen LogP contribution is 2.43. The second kappa shape index (κ2) is 12.4. The number of pyridine rings is 1. The third kappa shape index (κ3) is 6.84. The first-order valence-corrected chi connectivity index (χ1v) is 19.3. The smallest absolute Gasteiger partial charge is 0.411 e. The molecule has 4 unspecified atom stereocenters. The van der Waals surface area contributed by atoms with Crippen LogP contribution in [0.25, 0.3) is 21.7 Å². The summed E-state index contributed by atoms with van der Waals surface area (Å²) in [5.74, 6) is -0.273. The second-order valence-corrected chi connectivity index (χ2v) is 20.1. The van der Waals surface area contributed by atoms with Gasteiger partial charge in [0.25, 0.3) is 5.56 Å². The summed E-state index contributed by atoms with van der Waals surface area (Å²) in [7, 11) is -1.29. The maximum Gasteiger partial charge on any atom is 0.411 e. The molecule has 0 spiro atoms. The van der Waals surface area contributed by atoms with Crippen molar-refractivity contribution < 1.29 is 19.1 Å². The number of hydrogen-bond donors (Lipinski definition) is 1. The van der Waals surface area contributed by atoms with Gasteiger partial charge in [-0.25, -0.2) is 4.79 Å². The molecular formula is C34H44N4O5Si. The number of amides is 2. The van der Waals surface area contributed by atoms with Crippen molar-refractivity contribution in [2.75, 3.05) is 6.61 Å². The largest absolute Gasteiger partial charge is 0.444 e. The summed E-state index contributed by atoms with van der Waals surface area (Å²) in [5.41, 5.74) is 0.747. The van der Waals surface area contributed by atoms with E-state index in [-0.39, 0.29) is 36.6 Å². The van der Waals surface area contributed by atoms with Crippen LogP contribution in [0.2, 0.25) is 25.7 Å². The number of carbonyl (C=O) groups is 2. The minimum Gasteiger partial charge on any atom is -0.444 e. The molecule has 2 heterocycles. The van der Waals surface area contributed by atoms with Crippen LogP contribution in [0.15, 0.2) is 47.3 Å². The normalized spacial score (nSPS) is 20.6. The van der Waals surface area contributed by atoms with Crippen LogP contribution in [0.4, 0.5) is 4.79 Å². The van der Waals surface area contributed by atoms with Crippen LogP contribution in [0.5, 0.6) is 0 Å². The summed E-state index contributed by atoms with van der Waals surface area (Å²) >= 11 is 0. The summed E-state index contributed by atoms with van der Waals surface area (Å²) in [6.45, 7) is 13.0. The maximum absolute atomic E-state index is 13.6. The van der Waals surface area contributed by atoms with Crippen LogP contribution in [0.3, 0.4) is 0 Å². The number of rotatable bonds is 9. The van der Waals surface area contributed by atoms with Crippen molar-refractivity contribution >= 4 is 41.7 Å². The quantitative estimate of drug-likeness (QED) is 0.185. The SMILES string of the molecule is CC(C)(C)OC(=O)N1C2CCC(C2)C1C(=O)NC(C#N)Cc1ccc2c3ccccc3c(=O)n(COCC[Si](C)(C)C)c2c1. The Labute approximate surface area is 260 Å². The Morgan fingerprint density at radius 1 is 1.09 bits per heavy atom. The van der Waals surface area contributed by atoms with Crippen molar-refractivity contribution in [1.29, 1.82) is 5.26 Å². The van der Waals surface area contributed by atoms with Gasteiger partial charge in [-0.15, -0.1) is 0 Å². The van der Waals surface area contributed by atoms with Gasteiger partial charge in [0.2, 0.25) is 5.91 Å². The molecule has 2 bridgehead atoms. The lowest BCUT2D eigenvalue weighted by molar-refractivity contribution is -0.128. The average Bonchev–Trinajstić information content (AvgIpc) is 3.57. The van der Waals surface area contributed by atoms with Crippen LogP contribution in [-0.2, 0) is 27.4 Å². The predicted molar refractivity (Wildman–Crippen MR) is 174 cm³/mol. The van der Waals surface area contributed by atoms with Gasteiger partial charge in [0.05, 0.1) is 11.6 Å². The summed E-state index contributed by atoms with van der Waals surface area (Å²) in [6, 6.07) is 15.1. The van der Waals surface area contributed by atoms with Crippen LogP contribution in [0, 0.1) is 17.2 Å². The molecule has 9 nitrogen and oxygen atoms in total. The number of ether oxygens (including phenoxy) is 2. The molecule has 234 valence electrons. The number of carbonyl (C=O) groups excluding carboxylic acids is 2. The Morgan fingerprint density at radius 2 is 1.82 bits per heavy atom. The average molecular weight is 617 g/mol. The minimum absolute atomic E-state index is 0.0221. The Morgan fingerprint density at radius 3 is 2.50 bits per heavy atom. The van der Waals surface area contributed by atoms with E-state index in [1.807, 2.05) is 63.2 Å². The zero-order valence-corrected chi connectivity index (χ0v) is 27.7. The van der Waals surface area contributed by atoms with Crippen molar-refractivity contribution in [3.8, 4) is 6.07 Å². The van der Waals surface area contributed by atoms with Crippen molar-refractivity contribution in [3.63, 3.8) is 0 Å². The molecule has 2 fully saturated rings. The highest BCUT2D eigenvalue weighted by Gasteiger charge is 2.52. The summed E-state index contributed by atoms with van der Waals surface area (Å²) < 4.78 is 13.3. The van der Waals surface area contributed by atoms with Crippen LogP contribution < -0.4 is 10.9 Å². The monoisotopic (exact) mass is 616 g/mol. The number of fused-ring (bicyclic) bond motifs is 5. The summed E-state index contributed by atoms with van der Waals surface area (Å²) in [6.07, 6.45) is 2.26. The van der Waals surface area contributed by atoms with Gasteiger partial charge in [0, 0.05) is 37.9 Å². The maximum atomic E-state index is 13.6. The molecule has 3 aromatic rings. The molecule has 2 aliphatic rings. The van der Waals surface area contributed by atoms with Gasteiger partial charge >= 0.3 is 6.09 Å². The number of likely N-dealkylation sites (tertiary alicyclic amines) is 1. The molecule has 1 aliphatic carbocycles. The second-order valence-electron chi connectivity index (χ2n) is 14.4. The van der Waals surface area contributed by atoms with Crippen molar-refractivity contribution in [3.05, 3.63) is 58.4 Å². The number of piperidine rings is 1. The fourth-order valence-electron chi connectivity index (χ4n) is 6.50. The van der Waals surface area contributed by atoms with E-state index in [1.165, 1.54) is 0 Å². The Bertz CT molecular complexity index is 1660. The zero-order valence-electron chi connectivity index (χ0n) is 26.7. The number of benzene rings is 2. The van der Waals surface area contributed by atoms with Crippen molar-refractivity contribution in [2.45, 2.75) is 103 Å². The van der Waals surface area contributed by atoms with E-state index >= 15 is 0 Å². The number of nitrogens with zero attached hydrogens (tertiary/aromatic N) is 3. The molecule has 1 saturated carbocycles. The van der Waals surface area contributed by atoms with E-state index in [2.05, 4.69) is 31.0 Å². The third-order valence-electron chi connectivity index (χ3n) is 8.63. The molecule has 1 N–H and O–H groups in total. The minimum atomic E-state index is -1.29. The Balaban J connectivity index is 1.38. The number of aromatic nitrogens is 1. The predicted octanol–water partition coefficient (Wildman–Crippen LogP) is 5.81. The molecule has 10 heteroatoms. The number of hydrogen-bond acceptors (Lipinski definition) is 6. The van der Waals surface area contributed by atoms with Crippen LogP contribution in [0.1, 0.15) is 45.6 Å². The van der Waals surface area contributed by atoms with Gasteiger partial charge in [-0.3, -0.25) is 19.1 Å². The first kappa shape index (κ1) is 31.7. The first-order valence-electron chi connectivity index (χ1n) is 15.6. The molecule has 1 aromatic heterocycles. The molecule has 44 heavy (non-hydrogen) atoms. The van der Waals surface area contributed by atoms with E-state index < -0.39 is 31.9 Å². The highest BCUT2D eigenvalue weighted by molar-refractivity contribution is 6.76. The van der Waals surface area contributed by atoms with Gasteiger partial charge in [-0.2, -0.15) is 5.26 Å². The number of nitriles is 1. The molecule has 4 atom stereocenters. The lowest BCUT2D eigenvalue weighted by atomic mass is 9.97. The molecule has 5 rings (SSSR count). The van der Waals surface area contributed by atoms with Gasteiger partial charge < -0.3 is 14.8 Å². The Kier molecular flexibility index (Phi) is 8.92. The molecule has 2 amide bonds. The van der Waals surface area contributed by atoms with Gasteiger partial charge in [-0.1, -0.05) is 50.0 Å². The van der Waals surface area contributed by atoms with Crippen LogP contribution >= 0.6 is 0 Å². The standard InChI is InChI=1S/C34H44N4O5Si/c1-34(2,3)43-33(41)38-25-13-12-23(19-25)30(38)31(39)36-24(20-35)17-22-11-14-27-26-9-7-8-10-28(26)32(40)37(29(27)18-22)21-42-15-16-44(4,5)6/h7-11,14,18,23-25,30H,12-13,15-17,19,21H2,1-6H3,(H,36,39). The molecule has 1 aliphatic heterocycles. The van der Waals surface area contributed by atoms with Gasteiger partial charge in [0.15, 0.2) is 0 Å². The molecule has 2 aromatic carbocycles. The van der Waals surface area contributed by atoms with E-state index in [0.29, 0.717) is 12.0 Å². The zero-order chi connectivity index (χ0) is 31.8. The fraction of sp³-hybridized carbons (Fsp3) is 0.529. The first-order chi connectivity index (χ1) is 20.8. The van der Waals surface area contributed by atoms with E-state index in [1.54, 1.807) is 9.47 Å². The molecule has 0 radical (unpaired) electrons. The van der Waals surface area contributed by atoms with Gasteiger partial charge in [-0.05, 0) is 75.1 Å². The third-order valence-corrected chi connectivity index (χ3v) is 10.3. The van der Waals surface area contributed by atoms with E-state index in [9.17, 15) is 19.6 Å². The topological polar surface area (TPSA) is 114 Å². The fourth-order valence-corrected chi connectivity index (χ4v) is 7.26. The van der Waals surface area contributed by atoms with Gasteiger partial charge in [0.1, 0.15) is 24.4 Å². The van der Waals surface area contributed by atoms with Crippen molar-refractivity contribution in [2.24, 2.45) is 5.92 Å². The lowest BCUT2D eigenvalue weighted by Gasteiger charge is -2.35. The Hall–Kier alpha value is -3.68. The van der Waals surface area contributed by atoms with E-state index in [4.69, 9.17) is 9.47 Å². The van der Waals surface area contributed by atoms with E-state index in [0.717, 1.165) is 47.2 Å². The molecular weight excluding hydrogens is 572 g/mol. The summed E-state index contributed by atoms with van der Waals surface area (Å²) in [4.78, 5) is 41.8.